The molecule has 0 spiro atoms. The Bertz CT molecular complexity index is 1250. The Morgan fingerprint density at radius 1 is 1.00 bits per heavy atom. The SMILES string of the molecule is CCC(OC(=O)N(CC)CC)C(C)C1OC1CC(C)/C=C/C=C(\C)C1OC(=O)CC(OC(=O)N(CC)CC)CCC(C)(O)C(OC(C)=O)/C=C/C1C. The molecule has 1 saturated heterocycles. The van der Waals surface area contributed by atoms with Crippen LogP contribution >= 0.6 is 0 Å². The van der Waals surface area contributed by atoms with Gasteiger partial charge in [0.25, 0.3) is 0 Å². The number of allylic oxidation sites excluding steroid dienone is 3. The molecule has 2 amide bonds. The molecule has 52 heavy (non-hydrogen) atoms. The quantitative estimate of drug-likeness (QED) is 0.0614. The van der Waals surface area contributed by atoms with Crippen molar-refractivity contribution in [2.24, 2.45) is 17.8 Å². The molecule has 10 atom stereocenters. The number of esters is 2. The van der Waals surface area contributed by atoms with Crippen LogP contribution in [0.1, 0.15) is 108 Å². The van der Waals surface area contributed by atoms with Crippen molar-refractivity contribution in [3.05, 3.63) is 36.0 Å². The number of aliphatic hydroxyl groups is 1. The Labute approximate surface area is 311 Å². The summed E-state index contributed by atoms with van der Waals surface area (Å²) in [6.07, 6.45) is 7.51. The molecule has 0 saturated carbocycles. The number of carbonyl (C=O) groups excluding carboxylic acids is 4. The van der Waals surface area contributed by atoms with Gasteiger partial charge in [-0.2, -0.15) is 0 Å². The molecular formula is C40H66N2O10. The maximum absolute atomic E-state index is 13.3. The molecule has 0 aromatic carbocycles. The third-order valence-corrected chi connectivity index (χ3v) is 10.1. The van der Waals surface area contributed by atoms with Gasteiger partial charge in [0.05, 0.1) is 18.6 Å². The molecule has 10 unspecified atom stereocenters. The zero-order chi connectivity index (χ0) is 39.2. The number of ether oxygens (including phenoxy) is 5. The van der Waals surface area contributed by atoms with Crippen molar-refractivity contribution >= 4 is 24.1 Å². The Kier molecular flexibility index (Phi) is 18.4. The molecule has 2 heterocycles. The van der Waals surface area contributed by atoms with Gasteiger partial charge in [-0.1, -0.05) is 52.0 Å². The summed E-state index contributed by atoms with van der Waals surface area (Å²) in [5.41, 5.74) is -0.701. The number of cyclic esters (lactones) is 1. The lowest BCUT2D eigenvalue weighted by molar-refractivity contribution is -0.157. The highest BCUT2D eigenvalue weighted by Gasteiger charge is 2.46. The van der Waals surface area contributed by atoms with Crippen LogP contribution in [0.15, 0.2) is 36.0 Å². The third kappa shape index (κ3) is 13.9. The monoisotopic (exact) mass is 734 g/mol. The molecule has 2 aliphatic heterocycles. The highest BCUT2D eigenvalue weighted by molar-refractivity contribution is 5.72. The minimum atomic E-state index is -1.49. The van der Waals surface area contributed by atoms with Gasteiger partial charge in [-0.15, -0.1) is 0 Å². The molecule has 0 bridgehead atoms. The van der Waals surface area contributed by atoms with E-state index in [2.05, 4.69) is 19.9 Å². The van der Waals surface area contributed by atoms with E-state index < -0.39 is 41.9 Å². The molecule has 1 N–H and O–H groups in total. The van der Waals surface area contributed by atoms with Crippen LogP contribution < -0.4 is 0 Å². The van der Waals surface area contributed by atoms with Gasteiger partial charge in [-0.3, -0.25) is 9.59 Å². The summed E-state index contributed by atoms with van der Waals surface area (Å²) in [5, 5.41) is 11.4. The maximum Gasteiger partial charge on any atom is 0.410 e. The number of hydrogen-bond acceptors (Lipinski definition) is 10. The van der Waals surface area contributed by atoms with E-state index in [0.29, 0.717) is 32.6 Å². The molecule has 0 aromatic heterocycles. The van der Waals surface area contributed by atoms with Gasteiger partial charge in [0.1, 0.15) is 30.0 Å². The van der Waals surface area contributed by atoms with E-state index in [1.807, 2.05) is 60.6 Å². The predicted molar refractivity (Wildman–Crippen MR) is 199 cm³/mol. The number of amides is 2. The van der Waals surface area contributed by atoms with E-state index in [-0.39, 0.29) is 61.4 Å². The first-order chi connectivity index (χ1) is 24.5. The summed E-state index contributed by atoms with van der Waals surface area (Å²) >= 11 is 0. The number of rotatable bonds is 15. The largest absolute Gasteiger partial charge is 0.457 e. The van der Waals surface area contributed by atoms with E-state index >= 15 is 0 Å². The number of carbonyl (C=O) groups is 4. The van der Waals surface area contributed by atoms with Crippen LogP contribution in [0, 0.1) is 17.8 Å². The second-order valence-corrected chi connectivity index (χ2v) is 14.5. The molecular weight excluding hydrogens is 668 g/mol. The van der Waals surface area contributed by atoms with Crippen LogP contribution in [-0.2, 0) is 33.3 Å². The van der Waals surface area contributed by atoms with Crippen molar-refractivity contribution in [2.45, 2.75) is 150 Å². The van der Waals surface area contributed by atoms with Crippen LogP contribution in [0.25, 0.3) is 0 Å². The van der Waals surface area contributed by atoms with Crippen molar-refractivity contribution < 1.29 is 48.0 Å². The van der Waals surface area contributed by atoms with Crippen molar-refractivity contribution in [2.75, 3.05) is 26.2 Å². The predicted octanol–water partition coefficient (Wildman–Crippen LogP) is 6.99. The summed E-state index contributed by atoms with van der Waals surface area (Å²) in [4.78, 5) is 53.9. The lowest BCUT2D eigenvalue weighted by Gasteiger charge is -2.33. The van der Waals surface area contributed by atoms with Crippen LogP contribution in [0.3, 0.4) is 0 Å². The van der Waals surface area contributed by atoms with Gasteiger partial charge in [0.15, 0.2) is 0 Å². The second kappa shape index (κ2) is 21.4. The fourth-order valence-electron chi connectivity index (χ4n) is 6.62. The molecule has 2 aliphatic rings. The summed E-state index contributed by atoms with van der Waals surface area (Å²) < 4.78 is 29.1. The smallest absolute Gasteiger partial charge is 0.410 e. The van der Waals surface area contributed by atoms with E-state index in [1.165, 1.54) is 11.8 Å². The fourth-order valence-corrected chi connectivity index (χ4v) is 6.62. The van der Waals surface area contributed by atoms with Gasteiger partial charge < -0.3 is 38.6 Å². The van der Waals surface area contributed by atoms with Gasteiger partial charge in [0, 0.05) is 44.9 Å². The number of hydrogen-bond donors (Lipinski definition) is 1. The first kappa shape index (κ1) is 44.8. The molecule has 1 fully saturated rings. The Morgan fingerprint density at radius 3 is 2.19 bits per heavy atom. The first-order valence-corrected chi connectivity index (χ1v) is 19.2. The van der Waals surface area contributed by atoms with Gasteiger partial charge in [-0.05, 0) is 84.8 Å². The maximum atomic E-state index is 13.3. The van der Waals surface area contributed by atoms with Crippen LogP contribution in [0.2, 0.25) is 0 Å². The van der Waals surface area contributed by atoms with Crippen molar-refractivity contribution in [3.8, 4) is 0 Å². The van der Waals surface area contributed by atoms with Crippen LogP contribution in [0.4, 0.5) is 9.59 Å². The Hall–Kier alpha value is -3.38. The van der Waals surface area contributed by atoms with Crippen LogP contribution in [-0.4, -0.2) is 107 Å². The average Bonchev–Trinajstić information content (AvgIpc) is 3.85. The Balaban J connectivity index is 2.19. The summed E-state index contributed by atoms with van der Waals surface area (Å²) in [7, 11) is 0. The van der Waals surface area contributed by atoms with Crippen molar-refractivity contribution in [3.63, 3.8) is 0 Å². The molecule has 0 aromatic rings. The van der Waals surface area contributed by atoms with E-state index in [1.54, 1.807) is 24.0 Å². The molecule has 0 aliphatic carbocycles. The van der Waals surface area contributed by atoms with Gasteiger partial charge in [-0.25, -0.2) is 9.59 Å². The lowest BCUT2D eigenvalue weighted by Crippen LogP contribution is -2.43. The zero-order valence-electron chi connectivity index (χ0n) is 33.5. The molecule has 12 heteroatoms. The number of nitrogens with zero attached hydrogens (tertiary/aromatic N) is 2. The van der Waals surface area contributed by atoms with E-state index in [4.69, 9.17) is 23.7 Å². The zero-order valence-corrected chi connectivity index (χ0v) is 33.5. The van der Waals surface area contributed by atoms with Crippen LogP contribution in [0.5, 0.6) is 0 Å². The van der Waals surface area contributed by atoms with Crippen molar-refractivity contribution in [1.82, 2.24) is 9.80 Å². The van der Waals surface area contributed by atoms with Gasteiger partial charge in [0.2, 0.25) is 0 Å². The van der Waals surface area contributed by atoms with E-state index in [0.717, 1.165) is 12.0 Å². The average molecular weight is 735 g/mol. The topological polar surface area (TPSA) is 144 Å². The standard InChI is InChI=1S/C40H66N2O10/c1-12-32(51-39(46)42(15-4)16-5)29(9)37-33(50-37)24-26(6)18-17-19-27(7)36-28(8)20-21-34(48-30(10)43)40(11,47)23-22-31(25-35(44)52-36)49-38(45)41(13-2)14-3/h17-21,26,28-29,31-34,36-37,47H,12-16,22-25H2,1-11H3/b18-17+,21-20+,27-19+. The van der Waals surface area contributed by atoms with Crippen molar-refractivity contribution in [1.29, 1.82) is 0 Å². The minimum absolute atomic E-state index is 0.0255. The highest BCUT2D eigenvalue weighted by atomic mass is 16.6. The molecule has 0 radical (unpaired) electrons. The molecule has 2 rings (SSSR count). The fraction of sp³-hybridized carbons (Fsp3) is 0.750. The minimum Gasteiger partial charge on any atom is -0.457 e. The Morgan fingerprint density at radius 2 is 1.62 bits per heavy atom. The summed E-state index contributed by atoms with van der Waals surface area (Å²) in [6.45, 7) is 22.5. The summed E-state index contributed by atoms with van der Waals surface area (Å²) in [5.74, 6) is -1.15. The molecule has 296 valence electrons. The summed E-state index contributed by atoms with van der Waals surface area (Å²) in [6, 6.07) is 0. The lowest BCUT2D eigenvalue weighted by atomic mass is 9.88. The second-order valence-electron chi connectivity index (χ2n) is 14.5. The first-order valence-electron chi connectivity index (χ1n) is 19.2. The normalized spacial score (nSPS) is 29.4. The van der Waals surface area contributed by atoms with Gasteiger partial charge >= 0.3 is 24.1 Å². The molecule has 12 nitrogen and oxygen atoms in total. The van der Waals surface area contributed by atoms with E-state index in [9.17, 15) is 24.3 Å². The number of epoxide rings is 1. The highest BCUT2D eigenvalue weighted by Crippen LogP contribution is 2.37. The third-order valence-electron chi connectivity index (χ3n) is 10.1.